The molecule has 1 aromatic carbocycles. The van der Waals surface area contributed by atoms with Crippen molar-refractivity contribution in [2.45, 2.75) is 75.4 Å². The van der Waals surface area contributed by atoms with E-state index in [4.69, 9.17) is 9.47 Å². The molecule has 0 radical (unpaired) electrons. The van der Waals surface area contributed by atoms with E-state index in [9.17, 15) is 32.0 Å². The van der Waals surface area contributed by atoms with Gasteiger partial charge in [-0.2, -0.15) is 4.80 Å². The normalized spacial score (nSPS) is 24.0. The van der Waals surface area contributed by atoms with E-state index in [1.165, 1.54) is 15.8 Å². The Morgan fingerprint density at radius 2 is 1.88 bits per heavy atom. The standard InChI is InChI=1S/C31H41FN8O8S/c1-6-19-16-31(19,28(43)37-49(45,46)22-11-12-22)34-26(41)23-15-20(40-36-25(35-38-40)18-7-9-21(47-5)10-8-18)17-39(23)27(42)24(30(2,3)4)33-29(44)48-14-13-32/h6-10,19-20,22-24H,1,11-17H2,2-5H3,(H,33,44)(H,34,41)(H,37,43)/t19-,20-,23+,24-,31-/m1/s1. The molecule has 266 valence electrons. The number of amides is 4. The van der Waals surface area contributed by atoms with Gasteiger partial charge in [0.2, 0.25) is 27.7 Å². The first-order valence-electron chi connectivity index (χ1n) is 15.9. The van der Waals surface area contributed by atoms with E-state index in [1.54, 1.807) is 52.1 Å². The molecule has 0 unspecified atom stereocenters. The lowest BCUT2D eigenvalue weighted by Crippen LogP contribution is -2.60. The number of carbonyl (C=O) groups excluding carboxylic acids is 4. The Balaban J connectivity index is 1.43. The number of aromatic nitrogens is 4. The number of halogens is 1. The van der Waals surface area contributed by atoms with E-state index >= 15 is 0 Å². The minimum absolute atomic E-state index is 0.00399. The van der Waals surface area contributed by atoms with Crippen molar-refractivity contribution in [3.8, 4) is 17.1 Å². The number of ether oxygens (including phenoxy) is 2. The van der Waals surface area contributed by atoms with Crippen LogP contribution < -0.4 is 20.1 Å². The maximum Gasteiger partial charge on any atom is 0.407 e. The molecule has 0 bridgehead atoms. The smallest absolute Gasteiger partial charge is 0.407 e. The summed E-state index contributed by atoms with van der Waals surface area (Å²) in [4.78, 5) is 56.7. The van der Waals surface area contributed by atoms with Crippen molar-refractivity contribution in [3.63, 3.8) is 0 Å². The second-order valence-corrected chi connectivity index (χ2v) is 15.5. The largest absolute Gasteiger partial charge is 0.497 e. The van der Waals surface area contributed by atoms with Gasteiger partial charge in [0.15, 0.2) is 0 Å². The molecular weight excluding hydrogens is 663 g/mol. The van der Waals surface area contributed by atoms with Crippen LogP contribution in [0.5, 0.6) is 5.75 Å². The fraction of sp³-hybridized carbons (Fsp3) is 0.581. The van der Waals surface area contributed by atoms with Crippen LogP contribution in [0.15, 0.2) is 36.9 Å². The predicted octanol–water partition coefficient (Wildman–Crippen LogP) is 1.27. The molecule has 2 aromatic rings. The molecule has 0 spiro atoms. The summed E-state index contributed by atoms with van der Waals surface area (Å²) in [6.07, 6.45) is 1.44. The van der Waals surface area contributed by atoms with Crippen LogP contribution in [0.2, 0.25) is 0 Å². The molecule has 5 rings (SSSR count). The van der Waals surface area contributed by atoms with Gasteiger partial charge in [0.1, 0.15) is 36.7 Å². The molecule has 3 N–H and O–H groups in total. The molecule has 49 heavy (non-hydrogen) atoms. The van der Waals surface area contributed by atoms with Crippen molar-refractivity contribution >= 4 is 33.8 Å². The highest BCUT2D eigenvalue weighted by Crippen LogP contribution is 2.45. The number of likely N-dealkylation sites (tertiary alicyclic amines) is 1. The highest BCUT2D eigenvalue weighted by molar-refractivity contribution is 7.91. The molecule has 2 heterocycles. The van der Waals surface area contributed by atoms with Gasteiger partial charge in [-0.05, 0) is 54.2 Å². The predicted molar refractivity (Wildman–Crippen MR) is 172 cm³/mol. The summed E-state index contributed by atoms with van der Waals surface area (Å²) in [5.41, 5.74) is -1.83. The molecule has 3 fully saturated rings. The van der Waals surface area contributed by atoms with E-state index in [2.05, 4.69) is 37.3 Å². The maximum absolute atomic E-state index is 14.2. The van der Waals surface area contributed by atoms with Crippen LogP contribution in [-0.2, 0) is 29.1 Å². The number of alkyl halides is 1. The van der Waals surface area contributed by atoms with Crippen molar-refractivity contribution in [1.29, 1.82) is 0 Å². The van der Waals surface area contributed by atoms with E-state index < -0.39 is 87.4 Å². The Labute approximate surface area is 283 Å². The van der Waals surface area contributed by atoms with Gasteiger partial charge in [0.25, 0.3) is 5.91 Å². The number of sulfonamides is 1. The third-order valence-corrected chi connectivity index (χ3v) is 10.7. The van der Waals surface area contributed by atoms with E-state index in [0.717, 1.165) is 0 Å². The van der Waals surface area contributed by atoms with Gasteiger partial charge in [0.05, 0.1) is 18.4 Å². The molecule has 5 atom stereocenters. The number of tetrazole rings is 1. The number of rotatable bonds is 13. The van der Waals surface area contributed by atoms with Crippen LogP contribution in [-0.4, -0.2) is 107 Å². The quantitative estimate of drug-likeness (QED) is 0.253. The van der Waals surface area contributed by atoms with Crippen molar-refractivity contribution in [1.82, 2.24) is 40.5 Å². The minimum atomic E-state index is -3.91. The monoisotopic (exact) mass is 704 g/mol. The number of methoxy groups -OCH3 is 1. The molecule has 1 saturated heterocycles. The lowest BCUT2D eigenvalue weighted by molar-refractivity contribution is -0.142. The summed E-state index contributed by atoms with van der Waals surface area (Å²) in [7, 11) is -2.37. The number of nitrogens with zero attached hydrogens (tertiary/aromatic N) is 5. The Hall–Kier alpha value is -4.61. The number of alkyl carbamates (subject to hydrolysis) is 1. The highest BCUT2D eigenvalue weighted by atomic mass is 32.2. The van der Waals surface area contributed by atoms with Crippen molar-refractivity contribution in [3.05, 3.63) is 36.9 Å². The van der Waals surface area contributed by atoms with Crippen LogP contribution >= 0.6 is 0 Å². The van der Waals surface area contributed by atoms with Crippen LogP contribution in [0.3, 0.4) is 0 Å². The van der Waals surface area contributed by atoms with Crippen LogP contribution in [0.1, 0.15) is 52.5 Å². The van der Waals surface area contributed by atoms with E-state index in [1.807, 2.05) is 0 Å². The average molecular weight is 705 g/mol. The van der Waals surface area contributed by atoms with Crippen molar-refractivity contribution in [2.24, 2.45) is 11.3 Å². The molecule has 2 aliphatic carbocycles. The van der Waals surface area contributed by atoms with Crippen LogP contribution in [0.4, 0.5) is 9.18 Å². The summed E-state index contributed by atoms with van der Waals surface area (Å²) in [5.74, 6) is -1.87. The second kappa shape index (κ2) is 13.7. The number of carbonyl (C=O) groups is 4. The summed E-state index contributed by atoms with van der Waals surface area (Å²) >= 11 is 0. The van der Waals surface area contributed by atoms with Crippen LogP contribution in [0.25, 0.3) is 11.4 Å². The summed E-state index contributed by atoms with van der Waals surface area (Å²) in [6, 6.07) is 3.91. The molecule has 2 saturated carbocycles. The number of hydrogen-bond acceptors (Lipinski definition) is 11. The highest BCUT2D eigenvalue weighted by Gasteiger charge is 2.62. The lowest BCUT2D eigenvalue weighted by atomic mass is 9.85. The molecule has 1 aliphatic heterocycles. The summed E-state index contributed by atoms with van der Waals surface area (Å²) < 4.78 is 50.0. The SMILES string of the molecule is C=C[C@@H]1C[C@]1(NC(=O)[C@@H]1C[C@@H](n2nnc(-c3ccc(OC)cc3)n2)CN1C(=O)[C@@H](NC(=O)OCCF)C(C)(C)C)C(=O)NS(=O)(=O)C1CC1. The summed E-state index contributed by atoms with van der Waals surface area (Å²) in [5, 5.41) is 17.4. The maximum atomic E-state index is 14.2. The van der Waals surface area contributed by atoms with Gasteiger partial charge < -0.3 is 25.0 Å². The lowest BCUT2D eigenvalue weighted by Gasteiger charge is -2.35. The second-order valence-electron chi connectivity index (χ2n) is 13.5. The van der Waals surface area contributed by atoms with E-state index in [-0.39, 0.29) is 25.2 Å². The summed E-state index contributed by atoms with van der Waals surface area (Å²) in [6.45, 7) is 7.33. The Bertz CT molecular complexity index is 1710. The van der Waals surface area contributed by atoms with Crippen molar-refractivity contribution < 1.29 is 41.5 Å². The van der Waals surface area contributed by atoms with E-state index in [0.29, 0.717) is 24.2 Å². The minimum Gasteiger partial charge on any atom is -0.497 e. The van der Waals surface area contributed by atoms with Gasteiger partial charge in [-0.25, -0.2) is 17.6 Å². The topological polar surface area (TPSA) is 204 Å². The Morgan fingerprint density at radius 1 is 1.18 bits per heavy atom. The van der Waals surface area contributed by atoms with Crippen molar-refractivity contribution in [2.75, 3.05) is 26.9 Å². The molecular formula is C31H41FN8O8S. The van der Waals surface area contributed by atoms with Gasteiger partial charge in [0, 0.05) is 24.4 Å². The van der Waals surface area contributed by atoms with Crippen LogP contribution in [0, 0.1) is 11.3 Å². The van der Waals surface area contributed by atoms with Gasteiger partial charge in [-0.15, -0.1) is 16.8 Å². The fourth-order valence-electron chi connectivity index (χ4n) is 5.83. The third kappa shape index (κ3) is 7.68. The molecule has 4 amide bonds. The number of hydrogen-bond donors (Lipinski definition) is 3. The molecule has 18 heteroatoms. The first-order chi connectivity index (χ1) is 23.1. The van der Waals surface area contributed by atoms with Gasteiger partial charge in [-0.3, -0.25) is 19.1 Å². The Morgan fingerprint density at radius 3 is 2.45 bits per heavy atom. The number of benzene rings is 1. The van der Waals surface area contributed by atoms with Gasteiger partial charge in [-0.1, -0.05) is 26.8 Å². The molecule has 1 aromatic heterocycles. The Kier molecular flexibility index (Phi) is 9.99. The third-order valence-electron chi connectivity index (χ3n) is 8.90. The first kappa shape index (κ1) is 35.7. The fourth-order valence-corrected chi connectivity index (χ4v) is 7.20. The average Bonchev–Trinajstić information content (AvgIpc) is 3.94. The zero-order valence-electron chi connectivity index (χ0n) is 27.7. The molecule has 16 nitrogen and oxygen atoms in total. The zero-order chi connectivity index (χ0) is 35.7. The molecule has 3 aliphatic rings. The first-order valence-corrected chi connectivity index (χ1v) is 17.4. The zero-order valence-corrected chi connectivity index (χ0v) is 28.5. The van der Waals surface area contributed by atoms with Gasteiger partial charge >= 0.3 is 6.09 Å². The number of nitrogens with one attached hydrogen (secondary N) is 3.